The van der Waals surface area contributed by atoms with Crippen LogP contribution in [0.15, 0.2) is 12.4 Å². The summed E-state index contributed by atoms with van der Waals surface area (Å²) in [6.07, 6.45) is 5.88. The van der Waals surface area contributed by atoms with Crippen molar-refractivity contribution < 1.29 is 5.11 Å². The molecule has 1 N–H and O–H groups in total. The number of aryl methyl sites for hydroxylation is 1. The minimum absolute atomic E-state index is 0.0330. The van der Waals surface area contributed by atoms with Gasteiger partial charge in [-0.15, -0.1) is 0 Å². The molecule has 0 aromatic carbocycles. The minimum atomic E-state index is -0.785. The van der Waals surface area contributed by atoms with E-state index in [0.29, 0.717) is 0 Å². The van der Waals surface area contributed by atoms with Crippen molar-refractivity contribution in [2.24, 2.45) is 5.41 Å². The first kappa shape index (κ1) is 9.71. The molecular weight excluding hydrogens is 176 g/mol. The number of nitrogens with zero attached hydrogens (tertiary/aromatic N) is 2. The van der Waals surface area contributed by atoms with Crippen LogP contribution in [0.2, 0.25) is 0 Å². The van der Waals surface area contributed by atoms with E-state index < -0.39 is 5.60 Å². The van der Waals surface area contributed by atoms with Gasteiger partial charge in [-0.3, -0.25) is 0 Å². The van der Waals surface area contributed by atoms with E-state index in [-0.39, 0.29) is 5.41 Å². The highest BCUT2D eigenvalue weighted by Gasteiger charge is 2.55. The molecule has 1 aliphatic carbocycles. The van der Waals surface area contributed by atoms with Crippen LogP contribution in [0.1, 0.15) is 39.4 Å². The van der Waals surface area contributed by atoms with Gasteiger partial charge in [-0.05, 0) is 26.7 Å². The maximum atomic E-state index is 10.5. The van der Waals surface area contributed by atoms with Crippen LogP contribution in [-0.4, -0.2) is 14.7 Å². The van der Waals surface area contributed by atoms with Crippen molar-refractivity contribution in [2.45, 2.75) is 45.8 Å². The molecule has 1 aromatic rings. The van der Waals surface area contributed by atoms with Gasteiger partial charge in [0.05, 0.1) is 0 Å². The molecule has 0 amide bonds. The first-order chi connectivity index (χ1) is 6.51. The number of hydrogen-bond acceptors (Lipinski definition) is 2. The molecule has 3 nitrogen and oxygen atoms in total. The average Bonchev–Trinajstić information content (AvgIpc) is 2.73. The highest BCUT2D eigenvalue weighted by molar-refractivity contribution is 5.14. The summed E-state index contributed by atoms with van der Waals surface area (Å²) in [5.74, 6) is 0.806. The summed E-state index contributed by atoms with van der Waals surface area (Å²) in [5, 5.41) is 10.5. The molecule has 2 rings (SSSR count). The summed E-state index contributed by atoms with van der Waals surface area (Å²) in [6.45, 7) is 6.94. The van der Waals surface area contributed by atoms with Gasteiger partial charge in [0.1, 0.15) is 11.4 Å². The molecule has 0 radical (unpaired) electrons. The molecule has 0 bridgehead atoms. The molecule has 1 aliphatic rings. The zero-order chi connectivity index (χ0) is 10.4. The van der Waals surface area contributed by atoms with E-state index in [9.17, 15) is 5.11 Å². The zero-order valence-electron chi connectivity index (χ0n) is 9.12. The Morgan fingerprint density at radius 3 is 2.79 bits per heavy atom. The molecular formula is C11H18N2O. The lowest BCUT2D eigenvalue weighted by molar-refractivity contribution is -0.0238. The highest BCUT2D eigenvalue weighted by atomic mass is 16.3. The lowest BCUT2D eigenvalue weighted by Crippen LogP contribution is -2.34. The smallest absolute Gasteiger partial charge is 0.141 e. The second-order valence-corrected chi connectivity index (χ2v) is 4.67. The first-order valence-corrected chi connectivity index (χ1v) is 5.25. The summed E-state index contributed by atoms with van der Waals surface area (Å²) in [6, 6.07) is 0. The van der Waals surface area contributed by atoms with Gasteiger partial charge in [-0.1, -0.05) is 6.92 Å². The molecule has 1 heterocycles. The summed E-state index contributed by atoms with van der Waals surface area (Å²) < 4.78 is 2.02. The molecule has 1 fully saturated rings. The van der Waals surface area contributed by atoms with E-state index in [1.165, 1.54) is 0 Å². The molecule has 0 spiro atoms. The summed E-state index contributed by atoms with van der Waals surface area (Å²) in [5.41, 5.74) is -0.752. The lowest BCUT2D eigenvalue weighted by Gasteiger charge is -2.30. The van der Waals surface area contributed by atoms with Crippen LogP contribution in [0.3, 0.4) is 0 Å². The lowest BCUT2D eigenvalue weighted by atomic mass is 9.86. The summed E-state index contributed by atoms with van der Waals surface area (Å²) >= 11 is 0. The Bertz CT molecular complexity index is 337. The van der Waals surface area contributed by atoms with Gasteiger partial charge in [0.2, 0.25) is 0 Å². The Labute approximate surface area is 84.8 Å². The van der Waals surface area contributed by atoms with Gasteiger partial charge in [0.15, 0.2) is 0 Å². The molecule has 1 unspecified atom stereocenters. The van der Waals surface area contributed by atoms with Crippen molar-refractivity contribution in [2.75, 3.05) is 0 Å². The van der Waals surface area contributed by atoms with Crippen molar-refractivity contribution in [1.29, 1.82) is 0 Å². The van der Waals surface area contributed by atoms with Crippen molar-refractivity contribution in [1.82, 2.24) is 9.55 Å². The van der Waals surface area contributed by atoms with E-state index in [4.69, 9.17) is 0 Å². The fourth-order valence-electron chi connectivity index (χ4n) is 1.93. The number of aliphatic hydroxyl groups is 1. The van der Waals surface area contributed by atoms with Gasteiger partial charge < -0.3 is 9.67 Å². The normalized spacial score (nSPS) is 23.1. The van der Waals surface area contributed by atoms with Crippen LogP contribution >= 0.6 is 0 Å². The zero-order valence-corrected chi connectivity index (χ0v) is 9.12. The quantitative estimate of drug-likeness (QED) is 0.798. The monoisotopic (exact) mass is 194 g/mol. The van der Waals surface area contributed by atoms with Crippen LogP contribution < -0.4 is 0 Å². The molecule has 0 saturated heterocycles. The van der Waals surface area contributed by atoms with Crippen molar-refractivity contribution >= 4 is 0 Å². The van der Waals surface area contributed by atoms with Crippen molar-refractivity contribution in [3.05, 3.63) is 18.2 Å². The maximum absolute atomic E-state index is 10.5. The number of imidazole rings is 1. The Kier molecular flexibility index (Phi) is 1.96. The van der Waals surface area contributed by atoms with Crippen LogP contribution in [0.25, 0.3) is 0 Å². The number of hydrogen-bond donors (Lipinski definition) is 1. The SMILES string of the molecule is CCn1ccnc1C(C)(O)C1(C)CC1. The summed E-state index contributed by atoms with van der Waals surface area (Å²) in [7, 11) is 0. The largest absolute Gasteiger partial charge is 0.382 e. The number of aromatic nitrogens is 2. The minimum Gasteiger partial charge on any atom is -0.382 e. The van der Waals surface area contributed by atoms with Crippen LogP contribution in [0.4, 0.5) is 0 Å². The van der Waals surface area contributed by atoms with E-state index in [2.05, 4.69) is 18.8 Å². The third-order valence-electron chi connectivity index (χ3n) is 3.67. The van der Waals surface area contributed by atoms with E-state index in [1.54, 1.807) is 6.20 Å². The van der Waals surface area contributed by atoms with Crippen molar-refractivity contribution in [3.8, 4) is 0 Å². The molecule has 1 saturated carbocycles. The van der Waals surface area contributed by atoms with Gasteiger partial charge >= 0.3 is 0 Å². The third-order valence-corrected chi connectivity index (χ3v) is 3.67. The highest BCUT2D eigenvalue weighted by Crippen LogP contribution is 2.57. The average molecular weight is 194 g/mol. The second kappa shape index (κ2) is 2.83. The van der Waals surface area contributed by atoms with E-state index in [1.807, 2.05) is 17.7 Å². The van der Waals surface area contributed by atoms with Crippen molar-refractivity contribution in [3.63, 3.8) is 0 Å². The first-order valence-electron chi connectivity index (χ1n) is 5.25. The van der Waals surface area contributed by atoms with Crippen LogP contribution in [-0.2, 0) is 12.1 Å². The molecule has 14 heavy (non-hydrogen) atoms. The molecule has 1 atom stereocenters. The topological polar surface area (TPSA) is 38.0 Å². The van der Waals surface area contributed by atoms with E-state index >= 15 is 0 Å². The third kappa shape index (κ3) is 1.19. The Balaban J connectivity index is 2.38. The Hall–Kier alpha value is -0.830. The van der Waals surface area contributed by atoms with E-state index in [0.717, 1.165) is 25.2 Å². The molecule has 1 aromatic heterocycles. The maximum Gasteiger partial charge on any atom is 0.141 e. The predicted molar refractivity (Wildman–Crippen MR) is 54.8 cm³/mol. The molecule has 3 heteroatoms. The number of rotatable bonds is 3. The Morgan fingerprint density at radius 1 is 1.64 bits per heavy atom. The fraction of sp³-hybridized carbons (Fsp3) is 0.727. The summed E-state index contributed by atoms with van der Waals surface area (Å²) in [4.78, 5) is 4.28. The second-order valence-electron chi connectivity index (χ2n) is 4.67. The Morgan fingerprint density at radius 2 is 2.29 bits per heavy atom. The van der Waals surface area contributed by atoms with Gasteiger partial charge in [-0.25, -0.2) is 4.98 Å². The molecule has 0 aliphatic heterocycles. The van der Waals surface area contributed by atoms with Gasteiger partial charge in [-0.2, -0.15) is 0 Å². The predicted octanol–water partition coefficient (Wildman–Crippen LogP) is 1.91. The van der Waals surface area contributed by atoms with Gasteiger partial charge in [0.25, 0.3) is 0 Å². The fourth-order valence-corrected chi connectivity index (χ4v) is 1.93. The molecule has 78 valence electrons. The standard InChI is InChI=1S/C11H18N2O/c1-4-13-8-7-12-9(13)11(3,14)10(2)5-6-10/h7-8,14H,4-6H2,1-3H3. The van der Waals surface area contributed by atoms with Crippen LogP contribution in [0.5, 0.6) is 0 Å². The van der Waals surface area contributed by atoms with Crippen LogP contribution in [0, 0.1) is 5.41 Å². The van der Waals surface area contributed by atoms with Gasteiger partial charge in [0, 0.05) is 24.4 Å².